The molecule has 1 fully saturated rings. The third-order valence-electron chi connectivity index (χ3n) is 3.87. The van der Waals surface area contributed by atoms with Gasteiger partial charge < -0.3 is 4.74 Å². The Labute approximate surface area is 138 Å². The van der Waals surface area contributed by atoms with E-state index in [1.165, 1.54) is 0 Å². The minimum Gasteiger partial charge on any atom is -0.453 e. The van der Waals surface area contributed by atoms with Gasteiger partial charge in [0.2, 0.25) is 0 Å². The average Bonchev–Trinajstić information content (AvgIpc) is 2.57. The summed E-state index contributed by atoms with van der Waals surface area (Å²) in [7, 11) is 0. The topological polar surface area (TPSA) is 26.3 Å². The fraction of sp³-hybridized carbons (Fsp3) is 0.211. The first-order chi connectivity index (χ1) is 10.8. The Bertz CT molecular complexity index is 625. The predicted molar refractivity (Wildman–Crippen MR) is 91.1 cm³/mol. The van der Waals surface area contributed by atoms with Crippen LogP contribution in [0, 0.1) is 0 Å². The highest BCUT2D eigenvalue weighted by atomic mass is 79.9. The number of allylic oxidation sites excluding steroid dienone is 1. The minimum atomic E-state index is -0.198. The van der Waals surface area contributed by atoms with E-state index in [1.807, 2.05) is 42.5 Å². The van der Waals surface area contributed by atoms with Crippen LogP contribution in [0.2, 0.25) is 0 Å². The van der Waals surface area contributed by atoms with E-state index in [1.54, 1.807) is 0 Å². The summed E-state index contributed by atoms with van der Waals surface area (Å²) >= 11 is 3.40. The Morgan fingerprint density at radius 2 is 1.55 bits per heavy atom. The lowest BCUT2D eigenvalue weighted by atomic mass is 9.81. The fourth-order valence-electron chi connectivity index (χ4n) is 2.82. The Morgan fingerprint density at radius 3 is 2.00 bits per heavy atom. The van der Waals surface area contributed by atoms with Crippen molar-refractivity contribution in [1.29, 1.82) is 0 Å². The van der Waals surface area contributed by atoms with Crippen LogP contribution in [0.15, 0.2) is 72.3 Å². The van der Waals surface area contributed by atoms with Gasteiger partial charge in [0.15, 0.2) is 0 Å². The zero-order chi connectivity index (χ0) is 15.4. The molecule has 1 unspecified atom stereocenters. The van der Waals surface area contributed by atoms with Crippen molar-refractivity contribution in [1.82, 2.24) is 0 Å². The Balaban J connectivity index is 1.98. The SMILES string of the molecule is O=C1OC(C(c2ccccc2)c2ccccc2)/C1=C/CCBr. The Kier molecular flexibility index (Phi) is 4.74. The third-order valence-corrected chi connectivity index (χ3v) is 4.33. The van der Waals surface area contributed by atoms with Crippen LogP contribution in [-0.4, -0.2) is 17.4 Å². The highest BCUT2D eigenvalue weighted by Gasteiger charge is 2.42. The molecule has 1 heterocycles. The largest absolute Gasteiger partial charge is 0.453 e. The van der Waals surface area contributed by atoms with Crippen molar-refractivity contribution in [3.05, 3.63) is 83.4 Å². The molecule has 1 atom stereocenters. The Morgan fingerprint density at radius 1 is 1.00 bits per heavy atom. The van der Waals surface area contributed by atoms with Crippen molar-refractivity contribution < 1.29 is 9.53 Å². The summed E-state index contributed by atoms with van der Waals surface area (Å²) in [6.07, 6.45) is 2.62. The van der Waals surface area contributed by atoms with E-state index in [2.05, 4.69) is 40.2 Å². The van der Waals surface area contributed by atoms with Crippen LogP contribution < -0.4 is 0 Å². The molecule has 0 radical (unpaired) electrons. The van der Waals surface area contributed by atoms with Gasteiger partial charge in [-0.25, -0.2) is 4.79 Å². The van der Waals surface area contributed by atoms with Gasteiger partial charge in [-0.3, -0.25) is 0 Å². The molecule has 3 heteroatoms. The molecule has 0 aliphatic carbocycles. The first kappa shape index (κ1) is 15.0. The summed E-state index contributed by atoms with van der Waals surface area (Å²) in [5, 5.41) is 0.845. The van der Waals surface area contributed by atoms with Gasteiger partial charge in [-0.15, -0.1) is 0 Å². The van der Waals surface area contributed by atoms with Crippen molar-refractivity contribution in [2.45, 2.75) is 18.4 Å². The molecule has 0 spiro atoms. The smallest absolute Gasteiger partial charge is 0.338 e. The standard InChI is InChI=1S/C19H17BrO2/c20-13-7-12-16-18(22-19(16)21)17(14-8-3-1-4-9-14)15-10-5-2-6-11-15/h1-6,8-12,17-18H,7,13H2/b16-12-. The second-order valence-corrected chi connectivity index (χ2v) is 6.06. The summed E-state index contributed by atoms with van der Waals surface area (Å²) in [6, 6.07) is 20.4. The normalized spacial score (nSPS) is 19.1. The zero-order valence-electron chi connectivity index (χ0n) is 12.1. The monoisotopic (exact) mass is 356 g/mol. The highest BCUT2D eigenvalue weighted by Crippen LogP contribution is 2.39. The molecule has 0 bridgehead atoms. The van der Waals surface area contributed by atoms with E-state index < -0.39 is 0 Å². The second-order valence-electron chi connectivity index (χ2n) is 5.26. The number of alkyl halides is 1. The number of hydrogen-bond acceptors (Lipinski definition) is 2. The molecule has 0 saturated carbocycles. The number of carbonyl (C=O) groups is 1. The highest BCUT2D eigenvalue weighted by molar-refractivity contribution is 9.09. The minimum absolute atomic E-state index is 0.0432. The van der Waals surface area contributed by atoms with Crippen LogP contribution in [0.1, 0.15) is 23.5 Å². The van der Waals surface area contributed by atoms with Crippen molar-refractivity contribution in [3.8, 4) is 0 Å². The second kappa shape index (κ2) is 6.93. The van der Waals surface area contributed by atoms with Gasteiger partial charge in [-0.1, -0.05) is 82.7 Å². The Hall–Kier alpha value is -1.87. The molecule has 0 amide bonds. The maximum atomic E-state index is 11.8. The van der Waals surface area contributed by atoms with Gasteiger partial charge in [-0.2, -0.15) is 0 Å². The molecule has 2 nitrogen and oxygen atoms in total. The molecule has 1 saturated heterocycles. The lowest BCUT2D eigenvalue weighted by Crippen LogP contribution is -2.41. The number of cyclic esters (lactones) is 1. The lowest BCUT2D eigenvalue weighted by molar-refractivity contribution is -0.157. The van der Waals surface area contributed by atoms with Crippen molar-refractivity contribution in [2.24, 2.45) is 0 Å². The quantitative estimate of drug-likeness (QED) is 0.449. The number of ether oxygens (including phenoxy) is 1. The van der Waals surface area contributed by atoms with Crippen molar-refractivity contribution in [3.63, 3.8) is 0 Å². The molecule has 22 heavy (non-hydrogen) atoms. The van der Waals surface area contributed by atoms with Crippen LogP contribution in [0.25, 0.3) is 0 Å². The fourth-order valence-corrected chi connectivity index (χ4v) is 3.05. The molecule has 2 aromatic carbocycles. The average molecular weight is 357 g/mol. The molecule has 1 aliphatic heterocycles. The maximum absolute atomic E-state index is 11.8. The van der Waals surface area contributed by atoms with Gasteiger partial charge >= 0.3 is 5.97 Å². The van der Waals surface area contributed by atoms with Gasteiger partial charge in [0.05, 0.1) is 11.5 Å². The summed E-state index contributed by atoms with van der Waals surface area (Å²) in [5.41, 5.74) is 3.11. The van der Waals surface area contributed by atoms with Crippen molar-refractivity contribution in [2.75, 3.05) is 5.33 Å². The van der Waals surface area contributed by atoms with E-state index in [0.29, 0.717) is 0 Å². The molecule has 1 aliphatic rings. The number of esters is 1. The van der Waals surface area contributed by atoms with Crippen LogP contribution in [0.4, 0.5) is 0 Å². The van der Waals surface area contributed by atoms with Crippen LogP contribution in [-0.2, 0) is 9.53 Å². The van der Waals surface area contributed by atoms with Crippen LogP contribution in [0.5, 0.6) is 0 Å². The molecule has 2 aromatic rings. The number of carbonyl (C=O) groups excluding carboxylic acids is 1. The summed E-state index contributed by atoms with van der Waals surface area (Å²) in [5.74, 6) is -0.149. The van der Waals surface area contributed by atoms with E-state index in [0.717, 1.165) is 28.5 Å². The number of benzene rings is 2. The summed E-state index contributed by atoms with van der Waals surface area (Å²) < 4.78 is 5.50. The molecule has 0 aromatic heterocycles. The van der Waals surface area contributed by atoms with Gasteiger partial charge in [0.25, 0.3) is 0 Å². The molecular formula is C19H17BrO2. The van der Waals surface area contributed by atoms with E-state index >= 15 is 0 Å². The first-order valence-electron chi connectivity index (χ1n) is 7.38. The third kappa shape index (κ3) is 3.00. The molecule has 3 rings (SSSR count). The molecule has 0 N–H and O–H groups in total. The number of halogens is 1. The predicted octanol–water partition coefficient (Wildman–Crippen LogP) is 4.46. The first-order valence-corrected chi connectivity index (χ1v) is 8.50. The lowest BCUT2D eigenvalue weighted by Gasteiger charge is -2.36. The van der Waals surface area contributed by atoms with Gasteiger partial charge in [0, 0.05) is 5.33 Å². The van der Waals surface area contributed by atoms with Gasteiger partial charge in [-0.05, 0) is 17.5 Å². The van der Waals surface area contributed by atoms with Crippen LogP contribution in [0.3, 0.4) is 0 Å². The van der Waals surface area contributed by atoms with Gasteiger partial charge in [0.1, 0.15) is 6.10 Å². The number of hydrogen-bond donors (Lipinski definition) is 0. The number of rotatable bonds is 5. The maximum Gasteiger partial charge on any atom is 0.338 e. The van der Waals surface area contributed by atoms with E-state index in [-0.39, 0.29) is 18.0 Å². The van der Waals surface area contributed by atoms with E-state index in [9.17, 15) is 4.79 Å². The summed E-state index contributed by atoms with van der Waals surface area (Å²) in [6.45, 7) is 0. The van der Waals surface area contributed by atoms with Crippen LogP contribution >= 0.6 is 15.9 Å². The van der Waals surface area contributed by atoms with E-state index in [4.69, 9.17) is 4.74 Å². The summed E-state index contributed by atoms with van der Waals surface area (Å²) in [4.78, 5) is 11.8. The molecule has 112 valence electrons. The van der Waals surface area contributed by atoms with Crippen molar-refractivity contribution >= 4 is 21.9 Å². The zero-order valence-corrected chi connectivity index (χ0v) is 13.7. The molecular weight excluding hydrogens is 340 g/mol.